The zero-order valence-electron chi connectivity index (χ0n) is 15.5. The molecule has 1 fully saturated rings. The summed E-state index contributed by atoms with van der Waals surface area (Å²) in [7, 11) is -3.71. The molecule has 1 saturated heterocycles. The Morgan fingerprint density at radius 2 is 1.81 bits per heavy atom. The fraction of sp³-hybridized carbons (Fsp3) is 0.500. The van der Waals surface area contributed by atoms with Crippen molar-refractivity contribution in [2.24, 2.45) is 5.92 Å². The van der Waals surface area contributed by atoms with Crippen LogP contribution in [0.25, 0.3) is 0 Å². The summed E-state index contributed by atoms with van der Waals surface area (Å²) in [5.41, 5.74) is 0.343. The first-order valence-corrected chi connectivity index (χ1v) is 10.3. The topological polar surface area (TPSA) is 113 Å². The Kier molecular flexibility index (Phi) is 7.09. The third kappa shape index (κ3) is 5.36. The highest BCUT2D eigenvalue weighted by Gasteiger charge is 2.32. The van der Waals surface area contributed by atoms with Gasteiger partial charge in [0.15, 0.2) is 5.78 Å². The first-order valence-electron chi connectivity index (χ1n) is 8.91. The fourth-order valence-corrected chi connectivity index (χ4v) is 4.47. The predicted octanol–water partition coefficient (Wildman–Crippen LogP) is 0.542. The van der Waals surface area contributed by atoms with Crippen LogP contribution in [0, 0.1) is 5.92 Å². The number of likely N-dealkylation sites (N-methyl/N-ethyl adjacent to an activating group) is 1. The van der Waals surface area contributed by atoms with E-state index in [9.17, 15) is 22.8 Å². The molecular weight excluding hydrogens is 370 g/mol. The van der Waals surface area contributed by atoms with Gasteiger partial charge in [0.1, 0.15) is 0 Å². The molecule has 1 aliphatic rings. The summed E-state index contributed by atoms with van der Waals surface area (Å²) in [4.78, 5) is 35.1. The second-order valence-corrected chi connectivity index (χ2v) is 8.37. The average Bonchev–Trinajstić information content (AvgIpc) is 2.66. The molecule has 0 unspecified atom stereocenters. The monoisotopic (exact) mass is 395 g/mol. The van der Waals surface area contributed by atoms with Crippen LogP contribution in [0.15, 0.2) is 29.2 Å². The number of ketones is 1. The van der Waals surface area contributed by atoms with Crippen LogP contribution in [0.5, 0.6) is 0 Å². The molecule has 1 aromatic carbocycles. The van der Waals surface area contributed by atoms with Gasteiger partial charge in [0.2, 0.25) is 21.8 Å². The maximum atomic E-state index is 12.8. The molecule has 2 rings (SSSR count). The lowest BCUT2D eigenvalue weighted by molar-refractivity contribution is -0.129. The van der Waals surface area contributed by atoms with Crippen molar-refractivity contribution >= 4 is 27.6 Å². The SMILES string of the molecule is CCNC(=O)CNC(=O)C1CCN(S(=O)(=O)c2cccc(C(C)=O)c2)CC1. The van der Waals surface area contributed by atoms with Gasteiger partial charge < -0.3 is 10.6 Å². The number of carbonyl (C=O) groups is 3. The molecule has 148 valence electrons. The standard InChI is InChI=1S/C18H25N3O5S/c1-3-19-17(23)12-20-18(24)14-7-9-21(10-8-14)27(25,26)16-6-4-5-15(11-16)13(2)22/h4-6,11,14H,3,7-10,12H2,1-2H3,(H,19,23)(H,20,24). The van der Waals surface area contributed by atoms with Crippen LogP contribution in [0.1, 0.15) is 37.0 Å². The summed E-state index contributed by atoms with van der Waals surface area (Å²) in [5, 5.41) is 5.18. The Bertz CT molecular complexity index is 814. The molecule has 0 radical (unpaired) electrons. The van der Waals surface area contributed by atoms with Crippen molar-refractivity contribution in [1.82, 2.24) is 14.9 Å². The van der Waals surface area contributed by atoms with E-state index < -0.39 is 10.0 Å². The van der Waals surface area contributed by atoms with Gasteiger partial charge in [-0.2, -0.15) is 4.31 Å². The van der Waals surface area contributed by atoms with E-state index in [2.05, 4.69) is 10.6 Å². The van der Waals surface area contributed by atoms with Crippen LogP contribution < -0.4 is 10.6 Å². The zero-order chi connectivity index (χ0) is 20.0. The van der Waals surface area contributed by atoms with Gasteiger partial charge in [0.25, 0.3) is 0 Å². The Labute approximate surface area is 159 Å². The molecule has 0 atom stereocenters. The summed E-state index contributed by atoms with van der Waals surface area (Å²) in [6.07, 6.45) is 0.764. The molecule has 0 bridgehead atoms. The van der Waals surface area contributed by atoms with Crippen LogP contribution in [0.2, 0.25) is 0 Å². The number of hydrogen-bond acceptors (Lipinski definition) is 5. The zero-order valence-corrected chi connectivity index (χ0v) is 16.3. The molecule has 27 heavy (non-hydrogen) atoms. The van der Waals surface area contributed by atoms with E-state index in [4.69, 9.17) is 0 Å². The fourth-order valence-electron chi connectivity index (χ4n) is 2.95. The minimum atomic E-state index is -3.71. The molecule has 0 spiro atoms. The molecule has 2 amide bonds. The number of rotatable bonds is 7. The summed E-state index contributed by atoms with van der Waals surface area (Å²) < 4.78 is 26.9. The predicted molar refractivity (Wildman–Crippen MR) is 99.6 cm³/mol. The summed E-state index contributed by atoms with van der Waals surface area (Å²) >= 11 is 0. The molecule has 0 saturated carbocycles. The second-order valence-electron chi connectivity index (χ2n) is 6.43. The second kappa shape index (κ2) is 9.09. The van der Waals surface area contributed by atoms with Gasteiger partial charge in [0.05, 0.1) is 11.4 Å². The first kappa shape index (κ1) is 21.0. The number of nitrogens with one attached hydrogen (secondary N) is 2. The van der Waals surface area contributed by atoms with Crippen LogP contribution in [-0.2, 0) is 19.6 Å². The van der Waals surface area contributed by atoms with Crippen LogP contribution in [0.3, 0.4) is 0 Å². The number of benzene rings is 1. The largest absolute Gasteiger partial charge is 0.355 e. The molecule has 1 heterocycles. The van der Waals surface area contributed by atoms with Gasteiger partial charge in [0, 0.05) is 31.1 Å². The van der Waals surface area contributed by atoms with Crippen LogP contribution in [0.4, 0.5) is 0 Å². The number of nitrogens with zero attached hydrogens (tertiary/aromatic N) is 1. The molecule has 0 aromatic heterocycles. The van der Waals surface area contributed by atoms with Gasteiger partial charge >= 0.3 is 0 Å². The smallest absolute Gasteiger partial charge is 0.243 e. The van der Waals surface area contributed by atoms with Crippen molar-refractivity contribution in [3.63, 3.8) is 0 Å². The van der Waals surface area contributed by atoms with Crippen molar-refractivity contribution < 1.29 is 22.8 Å². The number of carbonyl (C=O) groups excluding carboxylic acids is 3. The number of Topliss-reactive ketones (excluding diaryl/α,β-unsaturated/α-hetero) is 1. The molecule has 2 N–H and O–H groups in total. The minimum Gasteiger partial charge on any atom is -0.355 e. The lowest BCUT2D eigenvalue weighted by atomic mass is 9.97. The van der Waals surface area contributed by atoms with E-state index in [0.717, 1.165) is 0 Å². The number of piperidine rings is 1. The Hall–Kier alpha value is -2.26. The lowest BCUT2D eigenvalue weighted by Gasteiger charge is -2.30. The van der Waals surface area contributed by atoms with E-state index in [0.29, 0.717) is 24.9 Å². The van der Waals surface area contributed by atoms with Gasteiger partial charge in [-0.25, -0.2) is 8.42 Å². The Balaban J connectivity index is 1.96. The van der Waals surface area contributed by atoms with E-state index in [-0.39, 0.29) is 48.0 Å². The molecular formula is C18H25N3O5S. The van der Waals surface area contributed by atoms with Crippen molar-refractivity contribution in [2.45, 2.75) is 31.6 Å². The molecule has 0 aliphatic carbocycles. The number of hydrogen-bond donors (Lipinski definition) is 2. The van der Waals surface area contributed by atoms with Crippen molar-refractivity contribution in [3.05, 3.63) is 29.8 Å². The molecule has 9 heteroatoms. The quantitative estimate of drug-likeness (QED) is 0.655. The number of amides is 2. The van der Waals surface area contributed by atoms with E-state index in [1.807, 2.05) is 0 Å². The average molecular weight is 395 g/mol. The van der Waals surface area contributed by atoms with Crippen molar-refractivity contribution in [2.75, 3.05) is 26.2 Å². The van der Waals surface area contributed by atoms with Gasteiger partial charge in [-0.05, 0) is 38.8 Å². The maximum Gasteiger partial charge on any atom is 0.243 e. The third-order valence-electron chi connectivity index (χ3n) is 4.50. The lowest BCUT2D eigenvalue weighted by Crippen LogP contribution is -2.45. The highest BCUT2D eigenvalue weighted by Crippen LogP contribution is 2.24. The Morgan fingerprint density at radius 1 is 1.15 bits per heavy atom. The van der Waals surface area contributed by atoms with Crippen molar-refractivity contribution in [3.8, 4) is 0 Å². The number of sulfonamides is 1. The van der Waals surface area contributed by atoms with Gasteiger partial charge in [-0.15, -0.1) is 0 Å². The van der Waals surface area contributed by atoms with E-state index in [1.54, 1.807) is 19.1 Å². The Morgan fingerprint density at radius 3 is 2.41 bits per heavy atom. The highest BCUT2D eigenvalue weighted by atomic mass is 32.2. The molecule has 1 aromatic rings. The van der Waals surface area contributed by atoms with E-state index >= 15 is 0 Å². The van der Waals surface area contributed by atoms with Crippen LogP contribution in [-0.4, -0.2) is 56.5 Å². The molecule has 1 aliphatic heterocycles. The molecule has 8 nitrogen and oxygen atoms in total. The summed E-state index contributed by atoms with van der Waals surface area (Å²) in [6, 6.07) is 5.97. The van der Waals surface area contributed by atoms with Crippen molar-refractivity contribution in [1.29, 1.82) is 0 Å². The van der Waals surface area contributed by atoms with Gasteiger partial charge in [-0.1, -0.05) is 12.1 Å². The van der Waals surface area contributed by atoms with Gasteiger partial charge in [-0.3, -0.25) is 14.4 Å². The third-order valence-corrected chi connectivity index (χ3v) is 6.39. The minimum absolute atomic E-state index is 0.0781. The van der Waals surface area contributed by atoms with E-state index in [1.165, 1.54) is 23.4 Å². The normalized spacial score (nSPS) is 15.9. The van der Waals surface area contributed by atoms with Crippen LogP contribution >= 0.6 is 0 Å². The summed E-state index contributed by atoms with van der Waals surface area (Å²) in [6.45, 7) is 4.02. The summed E-state index contributed by atoms with van der Waals surface area (Å²) in [5.74, 6) is -1.02. The first-order chi connectivity index (χ1) is 12.8. The highest BCUT2D eigenvalue weighted by molar-refractivity contribution is 7.89. The maximum absolute atomic E-state index is 12.8.